The molecule has 1 heterocycles. The van der Waals surface area contributed by atoms with Crippen LogP contribution >= 0.6 is 50.7 Å². The minimum atomic E-state index is -0.485. The van der Waals surface area contributed by atoms with E-state index in [9.17, 15) is 4.79 Å². The Hall–Kier alpha value is -2.71. The number of carbonyl (C=O) groups is 1. The van der Waals surface area contributed by atoms with Gasteiger partial charge in [-0.15, -0.1) is 0 Å². The lowest BCUT2D eigenvalue weighted by molar-refractivity contribution is 0.0929. The summed E-state index contributed by atoms with van der Waals surface area (Å²) in [7, 11) is 1.50. The number of furan rings is 1. The maximum atomic E-state index is 12.4. The summed E-state index contributed by atoms with van der Waals surface area (Å²) in [6.07, 6.45) is 1.44. The van der Waals surface area contributed by atoms with Gasteiger partial charge in [0.1, 0.15) is 12.2 Å². The predicted molar refractivity (Wildman–Crippen MR) is 138 cm³/mol. The Morgan fingerprint density at radius 1 is 1.09 bits per heavy atom. The number of rotatable bonds is 7. The molecule has 1 N–H and O–H groups in total. The maximum absolute atomic E-state index is 12.4. The van der Waals surface area contributed by atoms with Gasteiger partial charge >= 0.3 is 5.91 Å². The summed E-state index contributed by atoms with van der Waals surface area (Å²) in [6.45, 7) is 0.170. The third kappa shape index (κ3) is 5.67. The van der Waals surface area contributed by atoms with Crippen LogP contribution in [0.1, 0.15) is 21.7 Å². The standard InChI is InChI=1S/C24H16BrCl3N2O4/c1-32-21-7-13(6-19(28)23(21)33-12-14-2-4-17(26)10-18(14)27)11-29-30-24(31)22-9-15-8-16(25)3-5-20(15)34-22/h2-11H,12H2,1H3,(H,30,31)/b29-11+. The van der Waals surface area contributed by atoms with E-state index in [-0.39, 0.29) is 12.4 Å². The summed E-state index contributed by atoms with van der Waals surface area (Å²) < 4.78 is 17.7. The summed E-state index contributed by atoms with van der Waals surface area (Å²) >= 11 is 21.9. The van der Waals surface area contributed by atoms with E-state index in [1.807, 2.05) is 12.1 Å². The fourth-order valence-electron chi connectivity index (χ4n) is 3.09. The van der Waals surface area contributed by atoms with Crippen molar-refractivity contribution in [1.29, 1.82) is 0 Å². The van der Waals surface area contributed by atoms with Gasteiger partial charge in [0.2, 0.25) is 0 Å². The lowest BCUT2D eigenvalue weighted by atomic mass is 10.2. The highest BCUT2D eigenvalue weighted by Crippen LogP contribution is 2.37. The molecule has 10 heteroatoms. The molecule has 4 rings (SSSR count). The van der Waals surface area contributed by atoms with Gasteiger partial charge in [-0.05, 0) is 54.1 Å². The number of hydrazone groups is 1. The number of benzene rings is 3. The molecule has 0 radical (unpaired) electrons. The summed E-state index contributed by atoms with van der Waals surface area (Å²) in [5.41, 5.74) is 4.37. The Bertz CT molecular complexity index is 1400. The SMILES string of the molecule is COc1cc(/C=N/NC(=O)c2cc3cc(Br)ccc3o2)cc(Cl)c1OCc1ccc(Cl)cc1Cl. The van der Waals surface area contributed by atoms with Crippen LogP contribution in [-0.4, -0.2) is 19.2 Å². The molecule has 174 valence electrons. The molecule has 6 nitrogen and oxygen atoms in total. The first kappa shape index (κ1) is 24.4. The van der Waals surface area contributed by atoms with Gasteiger partial charge in [-0.25, -0.2) is 5.43 Å². The van der Waals surface area contributed by atoms with E-state index in [4.69, 9.17) is 48.7 Å². The van der Waals surface area contributed by atoms with Gasteiger partial charge in [0.05, 0.1) is 18.3 Å². The molecule has 0 saturated heterocycles. The molecule has 0 fully saturated rings. The molecule has 34 heavy (non-hydrogen) atoms. The van der Waals surface area contributed by atoms with Crippen molar-refractivity contribution in [3.05, 3.63) is 91.0 Å². The van der Waals surface area contributed by atoms with E-state index in [0.717, 1.165) is 15.4 Å². The van der Waals surface area contributed by atoms with E-state index < -0.39 is 5.91 Å². The van der Waals surface area contributed by atoms with Crippen LogP contribution in [-0.2, 0) is 6.61 Å². The van der Waals surface area contributed by atoms with Gasteiger partial charge in [0.25, 0.3) is 0 Å². The first-order valence-electron chi connectivity index (χ1n) is 9.81. The Morgan fingerprint density at radius 2 is 1.91 bits per heavy atom. The molecule has 0 atom stereocenters. The fraction of sp³-hybridized carbons (Fsp3) is 0.0833. The van der Waals surface area contributed by atoms with Crippen molar-refractivity contribution in [3.63, 3.8) is 0 Å². The lowest BCUT2D eigenvalue weighted by Gasteiger charge is -2.14. The number of amides is 1. The number of hydrogen-bond acceptors (Lipinski definition) is 5. The number of nitrogens with one attached hydrogen (secondary N) is 1. The average molecular weight is 583 g/mol. The molecular weight excluding hydrogens is 567 g/mol. The molecule has 0 spiro atoms. The van der Waals surface area contributed by atoms with Crippen LogP contribution < -0.4 is 14.9 Å². The molecule has 0 bridgehead atoms. The zero-order valence-corrected chi connectivity index (χ0v) is 21.4. The monoisotopic (exact) mass is 580 g/mol. The Balaban J connectivity index is 1.45. The topological polar surface area (TPSA) is 73.1 Å². The average Bonchev–Trinajstić information content (AvgIpc) is 3.22. The van der Waals surface area contributed by atoms with Crippen molar-refractivity contribution in [2.24, 2.45) is 5.10 Å². The molecule has 1 aromatic heterocycles. The first-order chi connectivity index (χ1) is 16.3. The Morgan fingerprint density at radius 3 is 2.68 bits per heavy atom. The molecule has 0 aliphatic rings. The molecule has 0 saturated carbocycles. The van der Waals surface area contributed by atoms with Crippen molar-refractivity contribution in [2.45, 2.75) is 6.61 Å². The predicted octanol–water partition coefficient (Wildman–Crippen LogP) is 7.51. The van der Waals surface area contributed by atoms with Crippen molar-refractivity contribution in [3.8, 4) is 11.5 Å². The summed E-state index contributed by atoms with van der Waals surface area (Å²) in [5.74, 6) is 0.407. The smallest absolute Gasteiger partial charge is 0.307 e. The van der Waals surface area contributed by atoms with Gasteiger partial charge in [-0.3, -0.25) is 4.79 Å². The van der Waals surface area contributed by atoms with E-state index in [0.29, 0.717) is 37.7 Å². The van der Waals surface area contributed by atoms with Gasteiger partial charge in [0.15, 0.2) is 17.3 Å². The molecule has 1 amide bonds. The third-order valence-corrected chi connectivity index (χ3v) is 6.08. The second kappa shape index (κ2) is 10.7. The minimum absolute atomic E-state index is 0.144. The lowest BCUT2D eigenvalue weighted by Crippen LogP contribution is -2.16. The number of fused-ring (bicyclic) bond motifs is 1. The van der Waals surface area contributed by atoms with Gasteiger partial charge in [-0.2, -0.15) is 5.10 Å². The van der Waals surface area contributed by atoms with Crippen molar-refractivity contribution < 1.29 is 18.7 Å². The number of hydrogen-bond donors (Lipinski definition) is 1. The van der Waals surface area contributed by atoms with Crippen LogP contribution in [0.4, 0.5) is 0 Å². The number of carbonyl (C=O) groups excluding carboxylic acids is 1. The maximum Gasteiger partial charge on any atom is 0.307 e. The molecular formula is C24H16BrCl3N2O4. The van der Waals surface area contributed by atoms with E-state index in [1.165, 1.54) is 13.3 Å². The second-order valence-corrected chi connectivity index (χ2v) is 9.22. The molecule has 4 aromatic rings. The largest absolute Gasteiger partial charge is 0.493 e. The van der Waals surface area contributed by atoms with Crippen LogP contribution in [0.3, 0.4) is 0 Å². The molecule has 0 unspecified atom stereocenters. The van der Waals surface area contributed by atoms with Crippen molar-refractivity contribution in [2.75, 3.05) is 7.11 Å². The molecule has 0 aliphatic carbocycles. The van der Waals surface area contributed by atoms with Gasteiger partial charge in [0, 0.05) is 25.5 Å². The van der Waals surface area contributed by atoms with Crippen LogP contribution in [0.25, 0.3) is 11.0 Å². The van der Waals surface area contributed by atoms with E-state index >= 15 is 0 Å². The number of methoxy groups -OCH3 is 1. The van der Waals surface area contributed by atoms with Crippen LogP contribution in [0.5, 0.6) is 11.5 Å². The van der Waals surface area contributed by atoms with Crippen LogP contribution in [0.2, 0.25) is 15.1 Å². The zero-order valence-electron chi connectivity index (χ0n) is 17.6. The highest BCUT2D eigenvalue weighted by Gasteiger charge is 2.14. The number of nitrogens with zero attached hydrogens (tertiary/aromatic N) is 1. The second-order valence-electron chi connectivity index (χ2n) is 7.05. The minimum Gasteiger partial charge on any atom is -0.493 e. The summed E-state index contributed by atoms with van der Waals surface area (Å²) in [5, 5.41) is 6.11. The normalized spacial score (nSPS) is 11.2. The van der Waals surface area contributed by atoms with Gasteiger partial charge in [-0.1, -0.05) is 56.8 Å². The van der Waals surface area contributed by atoms with Crippen molar-refractivity contribution >= 4 is 73.8 Å². The quantitative estimate of drug-likeness (QED) is 0.181. The van der Waals surface area contributed by atoms with Crippen molar-refractivity contribution in [1.82, 2.24) is 5.43 Å². The fourth-order valence-corrected chi connectivity index (χ4v) is 4.21. The number of halogens is 4. The Labute approximate surface area is 218 Å². The Kier molecular flexibility index (Phi) is 7.68. The summed E-state index contributed by atoms with van der Waals surface area (Å²) in [6, 6.07) is 15.6. The summed E-state index contributed by atoms with van der Waals surface area (Å²) in [4.78, 5) is 12.4. The highest BCUT2D eigenvalue weighted by molar-refractivity contribution is 9.10. The van der Waals surface area contributed by atoms with Crippen LogP contribution in [0.15, 0.2) is 68.6 Å². The van der Waals surface area contributed by atoms with Crippen LogP contribution in [0, 0.1) is 0 Å². The number of ether oxygens (including phenoxy) is 2. The highest BCUT2D eigenvalue weighted by atomic mass is 79.9. The third-order valence-electron chi connectivity index (χ3n) is 4.72. The van der Waals surface area contributed by atoms with E-state index in [2.05, 4.69) is 26.5 Å². The first-order valence-corrected chi connectivity index (χ1v) is 11.7. The van der Waals surface area contributed by atoms with Gasteiger partial charge < -0.3 is 13.9 Å². The zero-order chi connectivity index (χ0) is 24.2. The van der Waals surface area contributed by atoms with E-state index in [1.54, 1.807) is 42.5 Å². The molecule has 3 aromatic carbocycles. The molecule has 0 aliphatic heterocycles.